The van der Waals surface area contributed by atoms with E-state index in [1.807, 2.05) is 31.2 Å². The van der Waals surface area contributed by atoms with Crippen LogP contribution in [-0.2, 0) is 4.79 Å². The van der Waals surface area contributed by atoms with Crippen LogP contribution >= 0.6 is 0 Å². The maximum Gasteiger partial charge on any atom is 0.239 e. The van der Waals surface area contributed by atoms with Crippen molar-refractivity contribution in [3.05, 3.63) is 35.4 Å². The van der Waals surface area contributed by atoms with Crippen molar-refractivity contribution < 1.29 is 4.79 Å². The summed E-state index contributed by atoms with van der Waals surface area (Å²) in [4.78, 5) is 16.3. The molecule has 1 aliphatic heterocycles. The Morgan fingerprint density at radius 1 is 1.22 bits per heavy atom. The molecule has 18 heavy (non-hydrogen) atoms. The van der Waals surface area contributed by atoms with Crippen LogP contribution < -0.4 is 5.73 Å². The lowest BCUT2D eigenvalue weighted by atomic mass is 9.99. The number of carbonyl (C=O) groups is 1. The monoisotopic (exact) mass is 247 g/mol. The van der Waals surface area contributed by atoms with E-state index < -0.39 is 0 Å². The van der Waals surface area contributed by atoms with Crippen LogP contribution in [-0.4, -0.2) is 48.9 Å². The second-order valence-electron chi connectivity index (χ2n) is 5.00. The Hall–Kier alpha value is -1.39. The van der Waals surface area contributed by atoms with Crippen molar-refractivity contribution in [2.24, 2.45) is 5.73 Å². The molecule has 0 radical (unpaired) electrons. The summed E-state index contributed by atoms with van der Waals surface area (Å²) in [6, 6.07) is 7.69. The Bertz CT molecular complexity index is 425. The molecule has 1 saturated heterocycles. The summed E-state index contributed by atoms with van der Waals surface area (Å²) in [6.07, 6.45) is 0. The predicted molar refractivity (Wildman–Crippen MR) is 72.2 cm³/mol. The van der Waals surface area contributed by atoms with E-state index in [4.69, 9.17) is 5.73 Å². The molecular weight excluding hydrogens is 226 g/mol. The lowest BCUT2D eigenvalue weighted by molar-refractivity contribution is -0.124. The molecule has 1 aromatic rings. The third-order valence-electron chi connectivity index (χ3n) is 3.66. The fourth-order valence-corrected chi connectivity index (χ4v) is 2.50. The summed E-state index contributed by atoms with van der Waals surface area (Å²) >= 11 is 0. The molecule has 4 heteroatoms. The van der Waals surface area contributed by atoms with Gasteiger partial charge in [0.2, 0.25) is 5.91 Å². The number of amides is 1. The molecule has 1 aromatic carbocycles. The smallest absolute Gasteiger partial charge is 0.239 e. The summed E-state index contributed by atoms with van der Waals surface area (Å²) in [6.45, 7) is 5.77. The van der Waals surface area contributed by atoms with Gasteiger partial charge in [-0.3, -0.25) is 9.69 Å². The quantitative estimate of drug-likeness (QED) is 0.858. The standard InChI is InChI=1S/C14H21N3O/c1-11-5-3-4-6-12(11)13(14(15)18)17-9-7-16(2)8-10-17/h3-6,13H,7-10H2,1-2H3,(H2,15,18). The van der Waals surface area contributed by atoms with Gasteiger partial charge in [-0.15, -0.1) is 0 Å². The van der Waals surface area contributed by atoms with Crippen molar-refractivity contribution in [3.8, 4) is 0 Å². The second-order valence-corrected chi connectivity index (χ2v) is 5.00. The van der Waals surface area contributed by atoms with Crippen LogP contribution in [0.1, 0.15) is 17.2 Å². The number of nitrogens with two attached hydrogens (primary N) is 1. The van der Waals surface area contributed by atoms with Crippen molar-refractivity contribution in [2.75, 3.05) is 33.2 Å². The average molecular weight is 247 g/mol. The topological polar surface area (TPSA) is 49.6 Å². The molecule has 1 fully saturated rings. The fraction of sp³-hybridized carbons (Fsp3) is 0.500. The number of piperazine rings is 1. The molecule has 1 aliphatic rings. The minimum absolute atomic E-state index is 0.256. The summed E-state index contributed by atoms with van der Waals surface area (Å²) < 4.78 is 0. The number of carbonyl (C=O) groups excluding carboxylic acids is 1. The summed E-state index contributed by atoms with van der Waals surface area (Å²) in [5.41, 5.74) is 7.77. The van der Waals surface area contributed by atoms with Gasteiger partial charge in [0.15, 0.2) is 0 Å². The fourth-order valence-electron chi connectivity index (χ4n) is 2.50. The highest BCUT2D eigenvalue weighted by Crippen LogP contribution is 2.24. The number of hydrogen-bond donors (Lipinski definition) is 1. The van der Waals surface area contributed by atoms with Gasteiger partial charge in [-0.05, 0) is 25.1 Å². The van der Waals surface area contributed by atoms with Crippen molar-refractivity contribution >= 4 is 5.91 Å². The van der Waals surface area contributed by atoms with E-state index in [-0.39, 0.29) is 11.9 Å². The first-order valence-electron chi connectivity index (χ1n) is 6.37. The van der Waals surface area contributed by atoms with E-state index in [2.05, 4.69) is 16.8 Å². The number of primary amides is 1. The van der Waals surface area contributed by atoms with Gasteiger partial charge in [0.05, 0.1) is 0 Å². The van der Waals surface area contributed by atoms with Crippen molar-refractivity contribution in [3.63, 3.8) is 0 Å². The molecule has 0 bridgehead atoms. The van der Waals surface area contributed by atoms with Crippen molar-refractivity contribution in [2.45, 2.75) is 13.0 Å². The Morgan fingerprint density at radius 2 is 1.83 bits per heavy atom. The Labute approximate surface area is 108 Å². The summed E-state index contributed by atoms with van der Waals surface area (Å²) in [5, 5.41) is 0. The number of benzene rings is 1. The predicted octanol–water partition coefficient (Wildman–Crippen LogP) is 0.769. The van der Waals surface area contributed by atoms with Crippen LogP contribution in [0.2, 0.25) is 0 Å². The minimum atomic E-state index is -0.292. The van der Waals surface area contributed by atoms with Gasteiger partial charge in [-0.2, -0.15) is 0 Å². The highest BCUT2D eigenvalue weighted by Gasteiger charge is 2.28. The molecule has 2 N–H and O–H groups in total. The van der Waals surface area contributed by atoms with Gasteiger partial charge in [0.25, 0.3) is 0 Å². The molecule has 0 spiro atoms. The highest BCUT2D eigenvalue weighted by atomic mass is 16.1. The SMILES string of the molecule is Cc1ccccc1C(C(N)=O)N1CCN(C)CC1. The van der Waals surface area contributed by atoms with E-state index in [1.165, 1.54) is 0 Å². The molecule has 1 unspecified atom stereocenters. The zero-order chi connectivity index (χ0) is 13.1. The number of likely N-dealkylation sites (N-methyl/N-ethyl adjacent to an activating group) is 1. The lowest BCUT2D eigenvalue weighted by Crippen LogP contribution is -2.49. The molecule has 98 valence electrons. The molecule has 2 rings (SSSR count). The largest absolute Gasteiger partial charge is 0.368 e. The van der Waals surface area contributed by atoms with Gasteiger partial charge in [-0.1, -0.05) is 24.3 Å². The third-order valence-corrected chi connectivity index (χ3v) is 3.66. The number of aryl methyl sites for hydroxylation is 1. The maximum atomic E-state index is 11.8. The first kappa shape index (κ1) is 13.1. The highest BCUT2D eigenvalue weighted by molar-refractivity contribution is 5.81. The van der Waals surface area contributed by atoms with Crippen LogP contribution in [0.3, 0.4) is 0 Å². The lowest BCUT2D eigenvalue weighted by Gasteiger charge is -2.37. The average Bonchev–Trinajstić information content (AvgIpc) is 2.34. The van der Waals surface area contributed by atoms with E-state index in [1.54, 1.807) is 0 Å². The van der Waals surface area contributed by atoms with Gasteiger partial charge in [0, 0.05) is 26.2 Å². The number of nitrogens with zero attached hydrogens (tertiary/aromatic N) is 2. The first-order chi connectivity index (χ1) is 8.59. The van der Waals surface area contributed by atoms with E-state index in [9.17, 15) is 4.79 Å². The normalized spacial score (nSPS) is 19.7. The Morgan fingerprint density at radius 3 is 2.39 bits per heavy atom. The molecule has 4 nitrogen and oxygen atoms in total. The van der Waals surface area contributed by atoms with Crippen LogP contribution in [0.5, 0.6) is 0 Å². The number of rotatable bonds is 3. The minimum Gasteiger partial charge on any atom is -0.368 e. The van der Waals surface area contributed by atoms with Crippen molar-refractivity contribution in [1.82, 2.24) is 9.80 Å². The Balaban J connectivity index is 2.24. The zero-order valence-electron chi connectivity index (χ0n) is 11.1. The summed E-state index contributed by atoms with van der Waals surface area (Å²) in [7, 11) is 2.10. The maximum absolute atomic E-state index is 11.8. The van der Waals surface area contributed by atoms with Crippen LogP contribution in [0.15, 0.2) is 24.3 Å². The molecular formula is C14H21N3O. The van der Waals surface area contributed by atoms with Crippen LogP contribution in [0.25, 0.3) is 0 Å². The second kappa shape index (κ2) is 5.50. The van der Waals surface area contributed by atoms with E-state index in [0.717, 1.165) is 37.3 Å². The van der Waals surface area contributed by atoms with Gasteiger partial charge < -0.3 is 10.6 Å². The molecule has 0 aliphatic carbocycles. The molecule has 1 heterocycles. The zero-order valence-corrected chi connectivity index (χ0v) is 11.1. The summed E-state index contributed by atoms with van der Waals surface area (Å²) in [5.74, 6) is -0.256. The van der Waals surface area contributed by atoms with Crippen molar-refractivity contribution in [1.29, 1.82) is 0 Å². The number of hydrogen-bond acceptors (Lipinski definition) is 3. The van der Waals surface area contributed by atoms with E-state index >= 15 is 0 Å². The molecule has 0 aromatic heterocycles. The van der Waals surface area contributed by atoms with Crippen LogP contribution in [0.4, 0.5) is 0 Å². The van der Waals surface area contributed by atoms with Gasteiger partial charge >= 0.3 is 0 Å². The molecule has 1 atom stereocenters. The molecule has 1 amide bonds. The third kappa shape index (κ3) is 2.71. The van der Waals surface area contributed by atoms with E-state index in [0.29, 0.717) is 0 Å². The van der Waals surface area contributed by atoms with Gasteiger partial charge in [0.1, 0.15) is 6.04 Å². The van der Waals surface area contributed by atoms with Gasteiger partial charge in [-0.25, -0.2) is 0 Å². The Kier molecular flexibility index (Phi) is 3.99. The molecule has 0 saturated carbocycles. The first-order valence-corrected chi connectivity index (χ1v) is 6.37. The van der Waals surface area contributed by atoms with Crippen LogP contribution in [0, 0.1) is 6.92 Å².